The van der Waals surface area contributed by atoms with Crippen LogP contribution in [0.4, 0.5) is 41.1 Å². The normalized spacial score (nSPS) is 20.3. The average Bonchev–Trinajstić information content (AvgIpc) is 1.93. The summed E-state index contributed by atoms with van der Waals surface area (Å²) in [6, 6.07) is 24.7. The number of rotatable bonds is 22. The molecule has 500 valence electrons. The van der Waals surface area contributed by atoms with Gasteiger partial charge < -0.3 is 49.6 Å². The zero-order valence-electron chi connectivity index (χ0n) is 53.0. The fourth-order valence-corrected chi connectivity index (χ4v) is 13.5. The number of halogens is 2. The second-order valence-corrected chi connectivity index (χ2v) is 27.0. The maximum atomic E-state index is 15.3. The fourth-order valence-electron chi connectivity index (χ4n) is 11.9. The van der Waals surface area contributed by atoms with Gasteiger partial charge in [0.2, 0.25) is 11.8 Å². The number of Topliss-reactive ketones (excluding diaryl/α,β-unsaturated/α-hetero) is 2. The highest BCUT2D eigenvalue weighted by atomic mass is 32.2. The van der Waals surface area contributed by atoms with Crippen molar-refractivity contribution < 1.29 is 56.5 Å². The van der Waals surface area contributed by atoms with Gasteiger partial charge in [-0.2, -0.15) is 0 Å². The predicted molar refractivity (Wildman–Crippen MR) is 364 cm³/mol. The lowest BCUT2D eigenvalue weighted by atomic mass is 10.0. The average molecular weight is 1340 g/mol. The Morgan fingerprint density at radius 3 is 1.37 bits per heavy atom. The lowest BCUT2D eigenvalue weighted by molar-refractivity contribution is -0.132. The van der Waals surface area contributed by atoms with E-state index in [1.165, 1.54) is 39.0 Å². The number of ketones is 2. The molecule has 4 aromatic rings. The van der Waals surface area contributed by atoms with Gasteiger partial charge in [0.25, 0.3) is 0 Å². The first kappa shape index (κ1) is 69.1. The number of carbonyl (C=O) groups is 6. The molecule has 8 fully saturated rings. The number of anilines is 4. The van der Waals surface area contributed by atoms with Crippen molar-refractivity contribution in [3.63, 3.8) is 0 Å². The number of nitrogens with zero attached hydrogens (tertiary/aromatic N) is 8. The van der Waals surface area contributed by atoms with Gasteiger partial charge in [-0.15, -0.1) is 11.8 Å². The Morgan fingerprint density at radius 2 is 0.978 bits per heavy atom. The molecule has 0 unspecified atom stereocenters. The van der Waals surface area contributed by atoms with E-state index in [0.717, 1.165) is 106 Å². The number of nitrogens with two attached hydrogens (primary N) is 1. The minimum Gasteiger partial charge on any atom is -0.443 e. The summed E-state index contributed by atoms with van der Waals surface area (Å²) in [6.45, 7) is 15.4. The molecule has 0 spiro atoms. The van der Waals surface area contributed by atoms with E-state index in [4.69, 9.17) is 49.1 Å². The molecule has 6 aliphatic heterocycles. The number of morpholine rings is 2. The number of thiocarbonyl (C=S) groups is 2. The molecule has 8 aliphatic rings. The number of carbonyl (C=O) groups excluding carboxylic acids is 6. The Hall–Kier alpha value is -6.71. The smallest absolute Gasteiger partial charge is 0.414 e. The van der Waals surface area contributed by atoms with E-state index in [2.05, 4.69) is 22.0 Å². The van der Waals surface area contributed by atoms with Crippen molar-refractivity contribution in [3.05, 3.63) is 119 Å². The Morgan fingerprint density at radius 1 is 0.559 bits per heavy atom. The topological polar surface area (TPSA) is 203 Å². The number of benzene rings is 4. The van der Waals surface area contributed by atoms with Crippen LogP contribution in [0.2, 0.25) is 0 Å². The van der Waals surface area contributed by atoms with Crippen LogP contribution in [-0.2, 0) is 41.6 Å². The van der Waals surface area contributed by atoms with Gasteiger partial charge in [-0.05, 0) is 79.0 Å². The SMILES string of the molecule is CCSC(=S)C1CC1.NC[C@H]1CN(c2ccc(N3CCN(C(=O)CCC(=O)c4ccc(CN5CCOCC5)cc4)CC3)c(F)c2)C(=O)O1.O=C(CCC(=O)N1CCN(c2ccc(N3C[C@H](CNC(=S)C4CC4)OC3=O)cc2F)CC1)c1ccc(CN2CCOCC2)cc1. The third kappa shape index (κ3) is 19.7. The van der Waals surface area contributed by atoms with Gasteiger partial charge in [-0.25, -0.2) is 18.4 Å². The van der Waals surface area contributed by atoms with Crippen molar-refractivity contribution in [3.8, 4) is 0 Å². The molecule has 4 aromatic carbocycles. The van der Waals surface area contributed by atoms with E-state index in [1.807, 2.05) is 70.1 Å². The summed E-state index contributed by atoms with van der Waals surface area (Å²) in [5.41, 5.74) is 10.8. The van der Waals surface area contributed by atoms with Crippen LogP contribution >= 0.6 is 36.2 Å². The molecule has 93 heavy (non-hydrogen) atoms. The highest BCUT2D eigenvalue weighted by Crippen LogP contribution is 2.35. The van der Waals surface area contributed by atoms with Crippen molar-refractivity contribution in [2.45, 2.75) is 83.6 Å². The lowest BCUT2D eigenvalue weighted by Gasteiger charge is -2.36. The molecular formula is C68H86F2N10O10S3. The molecule has 2 saturated carbocycles. The number of thioether (sulfide) groups is 1. The van der Waals surface area contributed by atoms with Gasteiger partial charge in [0.05, 0.1) is 78.0 Å². The minimum atomic E-state index is -0.533. The number of nitrogens with one attached hydrogen (secondary N) is 1. The minimum absolute atomic E-state index is 0.0479. The summed E-state index contributed by atoms with van der Waals surface area (Å²) in [6.07, 6.45) is 3.72. The van der Waals surface area contributed by atoms with E-state index in [-0.39, 0.29) is 68.3 Å². The number of piperazine rings is 2. The Labute approximate surface area is 558 Å². The van der Waals surface area contributed by atoms with Gasteiger partial charge in [0.1, 0.15) is 23.8 Å². The molecule has 0 radical (unpaired) electrons. The van der Waals surface area contributed by atoms with Gasteiger partial charge in [-0.1, -0.05) is 79.9 Å². The largest absolute Gasteiger partial charge is 0.443 e. The molecule has 20 nitrogen and oxygen atoms in total. The Bertz CT molecular complexity index is 3260. The van der Waals surface area contributed by atoms with Crippen LogP contribution in [0.3, 0.4) is 0 Å². The van der Waals surface area contributed by atoms with Crippen molar-refractivity contribution >= 4 is 104 Å². The molecule has 25 heteroatoms. The number of cyclic esters (lactones) is 2. The fraction of sp³-hybridized carbons (Fsp3) is 0.529. The van der Waals surface area contributed by atoms with Gasteiger partial charge in [0, 0.05) is 147 Å². The number of hydrogen-bond donors (Lipinski definition) is 2. The number of ether oxygens (including phenoxy) is 4. The molecule has 6 saturated heterocycles. The monoisotopic (exact) mass is 1340 g/mol. The molecule has 4 amide bonds. The summed E-state index contributed by atoms with van der Waals surface area (Å²) >= 11 is 12.3. The Balaban J connectivity index is 0.000000182. The first-order valence-electron chi connectivity index (χ1n) is 32.7. The van der Waals surface area contributed by atoms with Crippen LogP contribution in [0.5, 0.6) is 0 Å². The second-order valence-electron chi connectivity index (χ2n) is 24.5. The quantitative estimate of drug-likeness (QED) is 0.0561. The molecule has 6 heterocycles. The summed E-state index contributed by atoms with van der Waals surface area (Å²) in [5, 5.41) is 3.19. The maximum absolute atomic E-state index is 15.3. The zero-order valence-corrected chi connectivity index (χ0v) is 55.5. The van der Waals surface area contributed by atoms with Gasteiger partial charge >= 0.3 is 12.2 Å². The van der Waals surface area contributed by atoms with Gasteiger partial charge in [0.15, 0.2) is 11.6 Å². The molecule has 3 N–H and O–H groups in total. The van der Waals surface area contributed by atoms with E-state index in [9.17, 15) is 33.2 Å². The maximum Gasteiger partial charge on any atom is 0.414 e. The predicted octanol–water partition coefficient (Wildman–Crippen LogP) is 8.35. The van der Waals surface area contributed by atoms with Crippen molar-refractivity contribution in [1.29, 1.82) is 0 Å². The Kier molecular flexibility index (Phi) is 25.0. The van der Waals surface area contributed by atoms with Crippen LogP contribution in [0.25, 0.3) is 0 Å². The van der Waals surface area contributed by atoms with Crippen LogP contribution in [0.1, 0.15) is 90.1 Å². The molecule has 0 bridgehead atoms. The van der Waals surface area contributed by atoms with Crippen LogP contribution in [0, 0.1) is 23.5 Å². The summed E-state index contributed by atoms with van der Waals surface area (Å²) in [7, 11) is 0. The van der Waals surface area contributed by atoms with Crippen molar-refractivity contribution in [2.24, 2.45) is 17.6 Å². The van der Waals surface area contributed by atoms with Crippen LogP contribution in [-0.4, -0.2) is 213 Å². The lowest BCUT2D eigenvalue weighted by Crippen LogP contribution is -2.49. The summed E-state index contributed by atoms with van der Waals surface area (Å²) in [5.74, 6) is 1.29. The van der Waals surface area contributed by atoms with Crippen molar-refractivity contribution in [1.82, 2.24) is 24.9 Å². The molecule has 0 aromatic heterocycles. The molecular weight excluding hydrogens is 1250 g/mol. The van der Waals surface area contributed by atoms with E-state index in [0.29, 0.717) is 105 Å². The zero-order chi connectivity index (χ0) is 65.4. The van der Waals surface area contributed by atoms with E-state index >= 15 is 4.39 Å². The first-order valence-corrected chi connectivity index (χ1v) is 34.5. The highest BCUT2D eigenvalue weighted by Gasteiger charge is 2.36. The third-order valence-corrected chi connectivity index (χ3v) is 19.9. The number of amides is 4. The summed E-state index contributed by atoms with van der Waals surface area (Å²) in [4.78, 5) is 91.2. The molecule has 12 rings (SSSR count). The van der Waals surface area contributed by atoms with Crippen LogP contribution in [0.15, 0.2) is 84.9 Å². The number of hydrogen-bond acceptors (Lipinski definition) is 18. The van der Waals surface area contributed by atoms with E-state index in [1.54, 1.807) is 34.1 Å². The molecule has 2 aliphatic carbocycles. The third-order valence-electron chi connectivity index (χ3n) is 17.8. The first-order chi connectivity index (χ1) is 45.1. The molecule has 2 atom stereocenters. The standard InChI is InChI=1S/C33H40FN5O5S.C29H36FN5O5.C6H10S2/c34-28-19-26(39-22-27(44-33(39)42)20-35-32(45)25-5-6-25)7-8-29(28)37-11-13-38(14-12-37)31(41)10-9-30(40)24-3-1-23(2-4-24)21-36-15-17-43-18-16-36;30-25-17-23(35-20-24(18-31)40-29(35)38)5-6-26(25)33-9-11-34(12-10-33)28(37)8-7-27(36)22-3-1-21(2-4-22)19-32-13-15-39-16-14-32;1-2-8-6(7)5-3-4-5/h1-4,7-8,19,25,27H,5-6,9-18,20-22H2,(H,35,45);1-6,17,24H,7-16,18-20,31H2;5H,2-4H2,1H3/t27-;24-;/m00./s1. The summed E-state index contributed by atoms with van der Waals surface area (Å²) < 4.78 is 52.9. The van der Waals surface area contributed by atoms with Crippen LogP contribution < -0.4 is 30.7 Å². The highest BCUT2D eigenvalue weighted by molar-refractivity contribution is 8.23. The van der Waals surface area contributed by atoms with Gasteiger partial charge in [-0.3, -0.25) is 38.8 Å². The van der Waals surface area contributed by atoms with Crippen molar-refractivity contribution in [2.75, 3.05) is 156 Å². The van der Waals surface area contributed by atoms with E-state index < -0.39 is 29.9 Å². The second kappa shape index (κ2) is 33.6.